The zero-order valence-electron chi connectivity index (χ0n) is 13.4. The van der Waals surface area contributed by atoms with Crippen LogP contribution in [0.3, 0.4) is 0 Å². The first-order valence-electron chi connectivity index (χ1n) is 7.49. The number of halogens is 2. The van der Waals surface area contributed by atoms with Crippen LogP contribution in [0.15, 0.2) is 24.3 Å². The number of para-hydroxylation sites is 1. The quantitative estimate of drug-likeness (QED) is 0.832. The Hall–Kier alpha value is -1.73. The fraction of sp³-hybridized carbons (Fsp3) is 0.562. The molecule has 2 atom stereocenters. The first kappa shape index (κ1) is 17.6. The topological polar surface area (TPSA) is 59.6 Å². The molecule has 2 N–H and O–H groups in total. The second kappa shape index (κ2) is 7.23. The van der Waals surface area contributed by atoms with Gasteiger partial charge in [-0.25, -0.2) is 0 Å². The highest BCUT2D eigenvalue weighted by atomic mass is 19.3. The molecule has 0 aliphatic carbocycles. The zero-order chi connectivity index (χ0) is 17.0. The second-order valence-electron chi connectivity index (χ2n) is 6.44. The molecule has 0 bridgehead atoms. The second-order valence-corrected chi connectivity index (χ2v) is 6.44. The van der Waals surface area contributed by atoms with Gasteiger partial charge < -0.3 is 14.8 Å². The van der Waals surface area contributed by atoms with Gasteiger partial charge in [0.25, 0.3) is 0 Å². The van der Waals surface area contributed by atoms with Crippen molar-refractivity contribution in [3.8, 4) is 5.75 Å². The molecule has 0 saturated carbocycles. The fourth-order valence-corrected chi connectivity index (χ4v) is 2.25. The van der Waals surface area contributed by atoms with Gasteiger partial charge in [-0.2, -0.15) is 8.78 Å². The van der Waals surface area contributed by atoms with Gasteiger partial charge in [-0.05, 0) is 26.8 Å². The maximum absolute atomic E-state index is 12.5. The number of hydrogen-bond donors (Lipinski definition) is 2. The van der Waals surface area contributed by atoms with E-state index in [0.29, 0.717) is 18.7 Å². The molecule has 128 valence electrons. The first-order chi connectivity index (χ1) is 10.8. The molecular formula is C16H22F2N2O3. The predicted molar refractivity (Wildman–Crippen MR) is 81.2 cm³/mol. The van der Waals surface area contributed by atoms with Crippen molar-refractivity contribution in [1.82, 2.24) is 10.6 Å². The van der Waals surface area contributed by atoms with Crippen molar-refractivity contribution in [3.63, 3.8) is 0 Å². The summed E-state index contributed by atoms with van der Waals surface area (Å²) in [6.45, 7) is 3.41. The highest BCUT2D eigenvalue weighted by Crippen LogP contribution is 2.28. The van der Waals surface area contributed by atoms with Gasteiger partial charge in [0.05, 0.1) is 11.5 Å². The highest BCUT2D eigenvalue weighted by Gasteiger charge is 2.30. The standard InChI is InChI=1S/C16H22F2N2O3/c1-16(2,3)14(21)23-13-9-19-8-11(20-13)10-6-4-5-7-12(10)22-15(17)18/h4-7,11,13,15,19-20H,8-9H2,1-3H3. The summed E-state index contributed by atoms with van der Waals surface area (Å²) in [6.07, 6.45) is -0.528. The lowest BCUT2D eigenvalue weighted by Crippen LogP contribution is -2.53. The Morgan fingerprint density at radius 1 is 1.26 bits per heavy atom. The molecule has 1 saturated heterocycles. The zero-order valence-corrected chi connectivity index (χ0v) is 13.4. The summed E-state index contributed by atoms with van der Waals surface area (Å²) >= 11 is 0. The Bertz CT molecular complexity index is 546. The third kappa shape index (κ3) is 4.87. The maximum atomic E-state index is 12.5. The van der Waals surface area contributed by atoms with Crippen molar-refractivity contribution < 1.29 is 23.0 Å². The SMILES string of the molecule is CC(C)(C)C(=O)OC1CNCC(c2ccccc2OC(F)F)N1. The minimum atomic E-state index is -2.89. The van der Waals surface area contributed by atoms with Crippen LogP contribution in [-0.4, -0.2) is 31.9 Å². The maximum Gasteiger partial charge on any atom is 0.387 e. The van der Waals surface area contributed by atoms with Gasteiger partial charge in [0.15, 0.2) is 6.23 Å². The first-order valence-corrected chi connectivity index (χ1v) is 7.49. The van der Waals surface area contributed by atoms with E-state index in [2.05, 4.69) is 15.4 Å². The number of carbonyl (C=O) groups excluding carboxylic acids is 1. The third-order valence-corrected chi connectivity index (χ3v) is 3.44. The van der Waals surface area contributed by atoms with Crippen molar-refractivity contribution in [2.75, 3.05) is 13.1 Å². The van der Waals surface area contributed by atoms with Gasteiger partial charge in [-0.15, -0.1) is 0 Å². The summed E-state index contributed by atoms with van der Waals surface area (Å²) in [7, 11) is 0. The summed E-state index contributed by atoms with van der Waals surface area (Å²) < 4.78 is 35.0. The van der Waals surface area contributed by atoms with Gasteiger partial charge in [0.1, 0.15) is 5.75 Å². The average Bonchev–Trinajstić information content (AvgIpc) is 2.46. The Kier molecular flexibility index (Phi) is 5.54. The van der Waals surface area contributed by atoms with Gasteiger partial charge in [0, 0.05) is 18.7 Å². The third-order valence-electron chi connectivity index (χ3n) is 3.44. The fourth-order valence-electron chi connectivity index (χ4n) is 2.25. The number of ether oxygens (including phenoxy) is 2. The largest absolute Gasteiger partial charge is 0.445 e. The number of carbonyl (C=O) groups is 1. The molecule has 5 nitrogen and oxygen atoms in total. The lowest BCUT2D eigenvalue weighted by molar-refractivity contribution is -0.161. The molecule has 0 spiro atoms. The highest BCUT2D eigenvalue weighted by molar-refractivity contribution is 5.75. The van der Waals surface area contributed by atoms with E-state index in [9.17, 15) is 13.6 Å². The van der Waals surface area contributed by atoms with Crippen molar-refractivity contribution >= 4 is 5.97 Å². The average molecular weight is 328 g/mol. The Balaban J connectivity index is 2.08. The van der Waals surface area contributed by atoms with Crippen LogP contribution in [0.1, 0.15) is 32.4 Å². The lowest BCUT2D eigenvalue weighted by Gasteiger charge is -2.33. The Morgan fingerprint density at radius 3 is 2.61 bits per heavy atom. The summed E-state index contributed by atoms with van der Waals surface area (Å²) in [5, 5.41) is 6.29. The van der Waals surface area contributed by atoms with Gasteiger partial charge in [-0.3, -0.25) is 10.1 Å². The van der Waals surface area contributed by atoms with Crippen LogP contribution in [0.4, 0.5) is 8.78 Å². The van der Waals surface area contributed by atoms with E-state index >= 15 is 0 Å². The van der Waals surface area contributed by atoms with Crippen molar-refractivity contribution in [2.45, 2.75) is 39.7 Å². The van der Waals surface area contributed by atoms with Crippen LogP contribution in [0.5, 0.6) is 5.75 Å². The molecule has 0 aromatic heterocycles. The molecule has 1 heterocycles. The smallest absolute Gasteiger partial charge is 0.387 e. The molecule has 23 heavy (non-hydrogen) atoms. The molecule has 2 unspecified atom stereocenters. The molecular weight excluding hydrogens is 306 g/mol. The number of hydrogen-bond acceptors (Lipinski definition) is 5. The van der Waals surface area contributed by atoms with E-state index in [-0.39, 0.29) is 17.8 Å². The van der Waals surface area contributed by atoms with E-state index in [1.54, 1.807) is 39.0 Å². The minimum Gasteiger partial charge on any atom is -0.445 e. The number of piperazine rings is 1. The minimum absolute atomic E-state index is 0.115. The van der Waals surface area contributed by atoms with Crippen LogP contribution in [0.2, 0.25) is 0 Å². The number of alkyl halides is 2. The normalized spacial score (nSPS) is 22.0. The van der Waals surface area contributed by atoms with Crippen LogP contribution in [0.25, 0.3) is 0 Å². The van der Waals surface area contributed by atoms with E-state index in [4.69, 9.17) is 4.74 Å². The molecule has 0 amide bonds. The van der Waals surface area contributed by atoms with Gasteiger partial charge in [0.2, 0.25) is 0 Å². The Labute approximate surface area is 134 Å². The van der Waals surface area contributed by atoms with E-state index in [1.165, 1.54) is 6.07 Å². The summed E-state index contributed by atoms with van der Waals surface area (Å²) in [5.74, 6) is -0.209. The molecule has 2 rings (SSSR count). The number of rotatable bonds is 4. The molecule has 1 fully saturated rings. The molecule has 1 aromatic rings. The predicted octanol–water partition coefficient (Wildman–Crippen LogP) is 2.44. The summed E-state index contributed by atoms with van der Waals surface area (Å²) in [5.41, 5.74) is -0.0116. The molecule has 1 aromatic carbocycles. The van der Waals surface area contributed by atoms with Gasteiger partial charge >= 0.3 is 12.6 Å². The summed E-state index contributed by atoms with van der Waals surface area (Å²) in [4.78, 5) is 12.0. The van der Waals surface area contributed by atoms with Crippen LogP contribution in [0, 0.1) is 5.41 Å². The Morgan fingerprint density at radius 2 is 1.96 bits per heavy atom. The van der Waals surface area contributed by atoms with Crippen molar-refractivity contribution in [3.05, 3.63) is 29.8 Å². The van der Waals surface area contributed by atoms with Crippen LogP contribution >= 0.6 is 0 Å². The van der Waals surface area contributed by atoms with Gasteiger partial charge in [-0.1, -0.05) is 18.2 Å². The van der Waals surface area contributed by atoms with Crippen molar-refractivity contribution in [1.29, 1.82) is 0 Å². The summed E-state index contributed by atoms with van der Waals surface area (Å²) in [6, 6.07) is 6.30. The van der Waals surface area contributed by atoms with Crippen LogP contribution < -0.4 is 15.4 Å². The number of nitrogens with one attached hydrogen (secondary N) is 2. The molecule has 1 aliphatic rings. The molecule has 7 heteroatoms. The van der Waals surface area contributed by atoms with Crippen LogP contribution in [-0.2, 0) is 9.53 Å². The van der Waals surface area contributed by atoms with E-state index < -0.39 is 18.3 Å². The van der Waals surface area contributed by atoms with Crippen molar-refractivity contribution in [2.24, 2.45) is 5.41 Å². The number of esters is 1. The molecule has 1 aliphatic heterocycles. The van der Waals surface area contributed by atoms with E-state index in [0.717, 1.165) is 0 Å². The van der Waals surface area contributed by atoms with E-state index in [1.807, 2.05) is 0 Å². The molecule has 0 radical (unpaired) electrons. The number of benzene rings is 1. The monoisotopic (exact) mass is 328 g/mol. The lowest BCUT2D eigenvalue weighted by atomic mass is 9.97.